The molecule has 5 rings (SSSR count). The summed E-state index contributed by atoms with van der Waals surface area (Å²) in [5, 5.41) is 0. The molecule has 1 spiro atoms. The zero-order valence-corrected chi connectivity index (χ0v) is 23.8. The molecule has 0 aliphatic carbocycles. The van der Waals surface area contributed by atoms with Crippen LogP contribution in [0.4, 0.5) is 10.5 Å². The Bertz CT molecular complexity index is 1580. The smallest absolute Gasteiger partial charge is 0.421 e. The molecule has 2 unspecified atom stereocenters. The number of carbonyl (C=O) groups is 3. The number of ether oxygens (including phenoxy) is 1. The van der Waals surface area contributed by atoms with Crippen LogP contribution in [0, 0.1) is 6.92 Å². The van der Waals surface area contributed by atoms with E-state index >= 15 is 0 Å². The summed E-state index contributed by atoms with van der Waals surface area (Å²) in [6.45, 7) is 6.99. The second-order valence-corrected chi connectivity index (χ2v) is 13.2. The van der Waals surface area contributed by atoms with Crippen molar-refractivity contribution in [2.45, 2.75) is 62.5 Å². The first kappa shape index (κ1) is 27.7. The molecule has 0 saturated carbocycles. The van der Waals surface area contributed by atoms with E-state index in [4.69, 9.17) is 4.74 Å². The third kappa shape index (κ3) is 4.63. The Morgan fingerprint density at radius 2 is 1.57 bits per heavy atom. The number of anilines is 1. The van der Waals surface area contributed by atoms with Crippen molar-refractivity contribution >= 4 is 33.5 Å². The summed E-state index contributed by atoms with van der Waals surface area (Å²) in [4.78, 5) is 42.4. The summed E-state index contributed by atoms with van der Waals surface area (Å²) in [5.74, 6) is -0.882. The maximum atomic E-state index is 14.4. The molecule has 40 heavy (non-hydrogen) atoms. The van der Waals surface area contributed by atoms with Gasteiger partial charge in [0, 0.05) is 18.5 Å². The molecule has 2 aliphatic heterocycles. The first-order valence-corrected chi connectivity index (χ1v) is 14.6. The summed E-state index contributed by atoms with van der Waals surface area (Å²) >= 11 is 0. The lowest BCUT2D eigenvalue weighted by Gasteiger charge is -2.34. The van der Waals surface area contributed by atoms with Crippen LogP contribution in [0.15, 0.2) is 83.8 Å². The number of amides is 2. The lowest BCUT2D eigenvalue weighted by atomic mass is 9.73. The van der Waals surface area contributed by atoms with Gasteiger partial charge in [0.2, 0.25) is 15.9 Å². The maximum Gasteiger partial charge on any atom is 0.421 e. The number of para-hydroxylation sites is 1. The molecule has 1 fully saturated rings. The summed E-state index contributed by atoms with van der Waals surface area (Å²) in [6.07, 6.45) is -0.966. The van der Waals surface area contributed by atoms with E-state index in [1.165, 1.54) is 16.4 Å². The van der Waals surface area contributed by atoms with Crippen LogP contribution >= 0.6 is 0 Å². The zero-order chi connectivity index (χ0) is 28.9. The molecule has 8 nitrogen and oxygen atoms in total. The van der Waals surface area contributed by atoms with Gasteiger partial charge >= 0.3 is 6.09 Å². The second kappa shape index (κ2) is 9.98. The Labute approximate surface area is 234 Å². The summed E-state index contributed by atoms with van der Waals surface area (Å²) in [7, 11) is -4.09. The maximum absolute atomic E-state index is 14.4. The van der Waals surface area contributed by atoms with Crippen molar-refractivity contribution in [1.29, 1.82) is 0 Å². The molecule has 2 heterocycles. The number of imide groups is 1. The van der Waals surface area contributed by atoms with E-state index < -0.39 is 39.1 Å². The van der Waals surface area contributed by atoms with Crippen molar-refractivity contribution in [1.82, 2.24) is 4.31 Å². The highest BCUT2D eigenvalue weighted by atomic mass is 32.2. The fraction of sp³-hybridized carbons (Fsp3) is 0.323. The van der Waals surface area contributed by atoms with Gasteiger partial charge in [-0.3, -0.25) is 9.59 Å². The van der Waals surface area contributed by atoms with E-state index in [0.717, 1.165) is 10.5 Å². The number of hydrogen-bond acceptors (Lipinski definition) is 6. The Hall–Kier alpha value is -3.82. The molecule has 0 bridgehead atoms. The highest BCUT2D eigenvalue weighted by Gasteiger charge is 2.64. The summed E-state index contributed by atoms with van der Waals surface area (Å²) in [6, 6.07) is 20.9. The molecule has 0 aromatic heterocycles. The Balaban J connectivity index is 1.65. The van der Waals surface area contributed by atoms with E-state index in [-0.39, 0.29) is 30.1 Å². The third-order valence-corrected chi connectivity index (χ3v) is 9.45. The fourth-order valence-electron chi connectivity index (χ4n) is 5.70. The normalized spacial score (nSPS) is 21.1. The van der Waals surface area contributed by atoms with Crippen molar-refractivity contribution in [3.05, 3.63) is 95.6 Å². The number of hydrogen-bond donors (Lipinski definition) is 0. The quantitative estimate of drug-likeness (QED) is 0.395. The van der Waals surface area contributed by atoms with E-state index in [9.17, 15) is 22.8 Å². The average Bonchev–Trinajstić information content (AvgIpc) is 3.40. The molecule has 0 N–H and O–H groups in total. The first-order valence-electron chi connectivity index (χ1n) is 13.2. The number of nitrogens with zero attached hydrogens (tertiary/aromatic N) is 2. The molecule has 208 valence electrons. The second-order valence-electron chi connectivity index (χ2n) is 11.3. The molecule has 3 aromatic rings. The monoisotopic (exact) mass is 560 g/mol. The van der Waals surface area contributed by atoms with Gasteiger partial charge in [0.05, 0.1) is 22.0 Å². The number of aryl methyl sites for hydroxylation is 1. The number of sulfonamides is 1. The largest absolute Gasteiger partial charge is 0.443 e. The molecule has 2 amide bonds. The molecule has 9 heteroatoms. The number of fused-ring (bicyclic) bond motifs is 2. The van der Waals surface area contributed by atoms with Crippen LogP contribution in [0.1, 0.15) is 55.1 Å². The van der Waals surface area contributed by atoms with E-state index in [1.54, 1.807) is 87.5 Å². The van der Waals surface area contributed by atoms with Gasteiger partial charge in [-0.15, -0.1) is 0 Å². The standard InChI is InChI=1S/C31H32N2O6S/c1-21-14-16-23(17-15-21)40(37,38)32-19-18-31(27(32)20-26(34)22-10-6-5-7-11-22)24-12-8-9-13-25(24)33(28(31)35)29(36)39-30(2,3)4/h5-17,27H,18-20H2,1-4H3. The van der Waals surface area contributed by atoms with Gasteiger partial charge in [-0.2, -0.15) is 4.31 Å². The van der Waals surface area contributed by atoms with Gasteiger partial charge < -0.3 is 4.74 Å². The van der Waals surface area contributed by atoms with Crippen molar-refractivity contribution < 1.29 is 27.5 Å². The lowest BCUT2D eigenvalue weighted by molar-refractivity contribution is -0.123. The van der Waals surface area contributed by atoms with Gasteiger partial charge in [0.15, 0.2) is 5.78 Å². The Morgan fingerprint density at radius 3 is 2.23 bits per heavy atom. The number of ketones is 1. The van der Waals surface area contributed by atoms with Gasteiger partial charge in [0.1, 0.15) is 5.60 Å². The van der Waals surface area contributed by atoms with Gasteiger partial charge in [-0.25, -0.2) is 18.1 Å². The molecule has 3 aromatic carbocycles. The SMILES string of the molecule is Cc1ccc(S(=O)(=O)N2CCC3(C(=O)N(C(=O)OC(C)(C)C)c4ccccc43)C2CC(=O)c2ccccc2)cc1. The predicted octanol–water partition coefficient (Wildman–Crippen LogP) is 5.25. The van der Waals surface area contributed by atoms with Gasteiger partial charge in [-0.1, -0.05) is 66.2 Å². The number of carbonyl (C=O) groups excluding carboxylic acids is 3. The number of Topliss-reactive ketones (excluding diaryl/α,β-unsaturated/α-hetero) is 1. The van der Waals surface area contributed by atoms with Crippen LogP contribution in [0.2, 0.25) is 0 Å². The van der Waals surface area contributed by atoms with E-state index in [1.807, 2.05) is 6.92 Å². The van der Waals surface area contributed by atoms with Gasteiger partial charge in [0.25, 0.3) is 0 Å². The summed E-state index contributed by atoms with van der Waals surface area (Å²) in [5.41, 5.74) is -0.135. The first-order chi connectivity index (χ1) is 18.9. The van der Waals surface area contributed by atoms with Crippen LogP contribution < -0.4 is 4.90 Å². The summed E-state index contributed by atoms with van der Waals surface area (Å²) < 4.78 is 34.9. The molecule has 1 saturated heterocycles. The van der Waals surface area contributed by atoms with Crippen molar-refractivity contribution in [3.8, 4) is 0 Å². The minimum Gasteiger partial charge on any atom is -0.443 e. The number of benzene rings is 3. The molecular formula is C31H32N2O6S. The minimum absolute atomic E-state index is 0.00514. The van der Waals surface area contributed by atoms with Crippen molar-refractivity contribution in [2.75, 3.05) is 11.4 Å². The Morgan fingerprint density at radius 1 is 0.950 bits per heavy atom. The highest BCUT2D eigenvalue weighted by molar-refractivity contribution is 7.89. The third-order valence-electron chi connectivity index (χ3n) is 7.53. The van der Waals surface area contributed by atoms with Crippen LogP contribution in [0.25, 0.3) is 0 Å². The minimum atomic E-state index is -4.09. The van der Waals surface area contributed by atoms with Crippen molar-refractivity contribution in [3.63, 3.8) is 0 Å². The van der Waals surface area contributed by atoms with Crippen LogP contribution in [-0.2, 0) is 25.0 Å². The zero-order valence-electron chi connectivity index (χ0n) is 23.0. The molecule has 2 aliphatic rings. The number of rotatable bonds is 5. The van der Waals surface area contributed by atoms with Gasteiger partial charge in [-0.05, 0) is 57.9 Å². The average molecular weight is 561 g/mol. The van der Waals surface area contributed by atoms with Crippen LogP contribution in [0.5, 0.6) is 0 Å². The lowest BCUT2D eigenvalue weighted by Crippen LogP contribution is -2.53. The van der Waals surface area contributed by atoms with Crippen LogP contribution in [0.3, 0.4) is 0 Å². The molecular weight excluding hydrogens is 528 g/mol. The highest BCUT2D eigenvalue weighted by Crippen LogP contribution is 2.53. The fourth-order valence-corrected chi connectivity index (χ4v) is 7.38. The Kier molecular flexibility index (Phi) is 6.92. The predicted molar refractivity (Wildman–Crippen MR) is 151 cm³/mol. The van der Waals surface area contributed by atoms with E-state index in [2.05, 4.69) is 0 Å². The van der Waals surface area contributed by atoms with E-state index in [0.29, 0.717) is 16.8 Å². The molecule has 0 radical (unpaired) electrons. The topological polar surface area (TPSA) is 101 Å². The molecule has 2 atom stereocenters. The van der Waals surface area contributed by atoms with Crippen LogP contribution in [-0.4, -0.2) is 48.7 Å². The van der Waals surface area contributed by atoms with Crippen molar-refractivity contribution in [2.24, 2.45) is 0 Å².